The van der Waals surface area contributed by atoms with E-state index in [1.165, 1.54) is 0 Å². The monoisotopic (exact) mass is 560 g/mol. The molecule has 41 heavy (non-hydrogen) atoms. The lowest BCUT2D eigenvalue weighted by Gasteiger charge is -2.33. The number of amides is 4. The molecule has 1 unspecified atom stereocenters. The van der Waals surface area contributed by atoms with E-state index in [1.54, 1.807) is 16.0 Å². The van der Waals surface area contributed by atoms with Crippen molar-refractivity contribution in [2.75, 3.05) is 18.0 Å². The molecule has 0 aliphatic carbocycles. The van der Waals surface area contributed by atoms with Gasteiger partial charge < -0.3 is 14.5 Å². The highest BCUT2D eigenvalue weighted by atomic mass is 16.6. The van der Waals surface area contributed by atoms with Crippen LogP contribution in [0.2, 0.25) is 0 Å². The number of pyridine rings is 1. The Labute approximate surface area is 238 Å². The van der Waals surface area contributed by atoms with Gasteiger partial charge in [0.2, 0.25) is 12.3 Å². The maximum absolute atomic E-state index is 13.4. The summed E-state index contributed by atoms with van der Waals surface area (Å²) in [5.41, 5.74) is 2.72. The second-order valence-corrected chi connectivity index (χ2v) is 11.8. The normalized spacial score (nSPS) is 16.2. The van der Waals surface area contributed by atoms with Crippen molar-refractivity contribution < 1.29 is 23.9 Å². The van der Waals surface area contributed by atoms with Crippen molar-refractivity contribution in [2.24, 2.45) is 0 Å². The largest absolute Gasteiger partial charge is 0.444 e. The molecule has 3 aromatic rings. The molecule has 1 aromatic carbocycles. The van der Waals surface area contributed by atoms with E-state index in [0.29, 0.717) is 37.9 Å². The van der Waals surface area contributed by atoms with Gasteiger partial charge in [0.25, 0.3) is 5.91 Å². The zero-order valence-electron chi connectivity index (χ0n) is 23.9. The summed E-state index contributed by atoms with van der Waals surface area (Å²) in [4.78, 5) is 56.3. The molecule has 0 bridgehead atoms. The van der Waals surface area contributed by atoms with E-state index in [9.17, 15) is 19.2 Å². The number of aromatic nitrogens is 3. The minimum atomic E-state index is -0.513. The third-order valence-corrected chi connectivity index (χ3v) is 7.65. The Hall–Kier alpha value is -4.28. The second-order valence-electron chi connectivity index (χ2n) is 11.8. The van der Waals surface area contributed by atoms with Crippen LogP contribution >= 0.6 is 0 Å². The molecule has 11 nitrogen and oxygen atoms in total. The first-order chi connectivity index (χ1) is 19.6. The number of anilines is 1. The van der Waals surface area contributed by atoms with Gasteiger partial charge in [-0.3, -0.25) is 29.4 Å². The molecule has 1 fully saturated rings. The summed E-state index contributed by atoms with van der Waals surface area (Å²) < 4.78 is 7.49. The fourth-order valence-corrected chi connectivity index (χ4v) is 5.63. The number of carbonyl (C=O) groups is 4. The standard InChI is InChI=1S/C30H36N6O5/c1-19(8-9-26(38)32-18-37)36-25-16-31-24(22-6-5-7-23(27(22)25)28(36)39)14-20-15-33-35(17-20)21-10-12-34(13-11-21)29(40)41-30(2,3)4/h5-7,15-19,21H,8-14H2,1-4H3,(H,32,37,38). The Morgan fingerprint density at radius 1 is 1.20 bits per heavy atom. The maximum atomic E-state index is 13.4. The lowest BCUT2D eigenvalue weighted by Crippen LogP contribution is -2.42. The van der Waals surface area contributed by atoms with Crippen molar-refractivity contribution in [3.63, 3.8) is 0 Å². The first-order valence-corrected chi connectivity index (χ1v) is 14.0. The number of nitrogens with zero attached hydrogens (tertiary/aromatic N) is 5. The molecule has 0 saturated carbocycles. The highest BCUT2D eigenvalue weighted by Crippen LogP contribution is 2.40. The van der Waals surface area contributed by atoms with Gasteiger partial charge in [-0.25, -0.2) is 4.79 Å². The predicted octanol–water partition coefficient (Wildman–Crippen LogP) is 4.00. The van der Waals surface area contributed by atoms with Gasteiger partial charge in [-0.2, -0.15) is 5.10 Å². The molecule has 5 rings (SSSR count). The van der Waals surface area contributed by atoms with E-state index in [0.717, 1.165) is 40.6 Å². The third kappa shape index (κ3) is 5.94. The van der Waals surface area contributed by atoms with Gasteiger partial charge >= 0.3 is 6.09 Å². The zero-order chi connectivity index (χ0) is 29.3. The maximum Gasteiger partial charge on any atom is 0.410 e. The van der Waals surface area contributed by atoms with Crippen LogP contribution in [0.3, 0.4) is 0 Å². The first-order valence-electron chi connectivity index (χ1n) is 14.0. The number of hydrogen-bond acceptors (Lipinski definition) is 7. The van der Waals surface area contributed by atoms with Crippen LogP contribution in [0.15, 0.2) is 36.8 Å². The van der Waals surface area contributed by atoms with E-state index < -0.39 is 5.60 Å². The van der Waals surface area contributed by atoms with Gasteiger partial charge in [0.15, 0.2) is 0 Å². The van der Waals surface area contributed by atoms with Crippen LogP contribution in [0.5, 0.6) is 0 Å². The lowest BCUT2D eigenvalue weighted by molar-refractivity contribution is -0.125. The van der Waals surface area contributed by atoms with Crippen LogP contribution in [0, 0.1) is 0 Å². The molecule has 1 saturated heterocycles. The topological polar surface area (TPSA) is 127 Å². The first kappa shape index (κ1) is 28.3. The Morgan fingerprint density at radius 3 is 2.66 bits per heavy atom. The molecule has 2 aromatic heterocycles. The summed E-state index contributed by atoms with van der Waals surface area (Å²) in [6, 6.07) is 5.64. The third-order valence-electron chi connectivity index (χ3n) is 7.65. The fraction of sp³-hybridized carbons (Fsp3) is 0.467. The molecule has 1 N–H and O–H groups in total. The highest BCUT2D eigenvalue weighted by molar-refractivity contribution is 6.25. The van der Waals surface area contributed by atoms with Crippen molar-refractivity contribution in [3.8, 4) is 0 Å². The summed E-state index contributed by atoms with van der Waals surface area (Å²) in [6.45, 7) is 8.75. The molecule has 4 heterocycles. The zero-order valence-corrected chi connectivity index (χ0v) is 23.9. The van der Waals surface area contributed by atoms with Crippen molar-refractivity contribution in [2.45, 2.75) is 77.5 Å². The molecule has 0 spiro atoms. The van der Waals surface area contributed by atoms with Gasteiger partial charge in [-0.15, -0.1) is 0 Å². The summed E-state index contributed by atoms with van der Waals surface area (Å²) in [6.07, 6.45) is 8.45. The average molecular weight is 561 g/mol. The molecular weight excluding hydrogens is 524 g/mol. The van der Waals surface area contributed by atoms with Crippen LogP contribution in [-0.2, 0) is 20.7 Å². The minimum absolute atomic E-state index is 0.113. The van der Waals surface area contributed by atoms with Gasteiger partial charge in [-0.05, 0) is 58.6 Å². The van der Waals surface area contributed by atoms with Crippen molar-refractivity contribution >= 4 is 40.8 Å². The molecule has 11 heteroatoms. The SMILES string of the molecule is CC(CCC(=O)NC=O)N1C(=O)c2cccc3c(Cc4cnn(C5CCN(C(=O)OC(C)(C)C)CC5)c4)ncc1c23. The number of carbonyl (C=O) groups excluding carboxylic acids is 4. The van der Waals surface area contributed by atoms with E-state index in [1.807, 2.05) is 63.0 Å². The van der Waals surface area contributed by atoms with Gasteiger partial charge in [0, 0.05) is 54.5 Å². The molecule has 4 amide bonds. The van der Waals surface area contributed by atoms with Crippen LogP contribution in [0.4, 0.5) is 10.5 Å². The molecule has 0 radical (unpaired) electrons. The molecular formula is C30H36N6O5. The van der Waals surface area contributed by atoms with Crippen molar-refractivity contribution in [1.29, 1.82) is 0 Å². The number of likely N-dealkylation sites (tertiary alicyclic amines) is 1. The summed E-state index contributed by atoms with van der Waals surface area (Å²) in [5, 5.41) is 8.55. The number of nitrogens with one attached hydrogen (secondary N) is 1. The fourth-order valence-electron chi connectivity index (χ4n) is 5.63. The van der Waals surface area contributed by atoms with Crippen LogP contribution in [0.1, 0.15) is 81.0 Å². The quantitative estimate of drug-likeness (QED) is 0.413. The number of benzene rings is 1. The Balaban J connectivity index is 1.28. The number of piperidine rings is 1. The summed E-state index contributed by atoms with van der Waals surface area (Å²) in [5.74, 6) is -0.484. The summed E-state index contributed by atoms with van der Waals surface area (Å²) in [7, 11) is 0. The van der Waals surface area contributed by atoms with Crippen LogP contribution < -0.4 is 10.2 Å². The summed E-state index contributed by atoms with van der Waals surface area (Å²) >= 11 is 0. The van der Waals surface area contributed by atoms with Crippen LogP contribution in [-0.4, -0.2) is 68.7 Å². The van der Waals surface area contributed by atoms with E-state index in [2.05, 4.69) is 10.4 Å². The Bertz CT molecular complexity index is 1480. The van der Waals surface area contributed by atoms with Gasteiger partial charge in [0.1, 0.15) is 5.60 Å². The van der Waals surface area contributed by atoms with E-state index in [4.69, 9.17) is 9.72 Å². The highest BCUT2D eigenvalue weighted by Gasteiger charge is 2.34. The number of imide groups is 1. The lowest BCUT2D eigenvalue weighted by atomic mass is 10.0. The predicted molar refractivity (Wildman–Crippen MR) is 153 cm³/mol. The smallest absolute Gasteiger partial charge is 0.410 e. The second kappa shape index (κ2) is 11.3. The van der Waals surface area contributed by atoms with Crippen molar-refractivity contribution in [3.05, 3.63) is 53.6 Å². The molecule has 2 aliphatic heterocycles. The van der Waals surface area contributed by atoms with Gasteiger partial charge in [0.05, 0.1) is 29.8 Å². The van der Waals surface area contributed by atoms with E-state index >= 15 is 0 Å². The number of rotatable bonds is 8. The molecule has 2 aliphatic rings. The number of hydrogen-bond donors (Lipinski definition) is 1. The van der Waals surface area contributed by atoms with E-state index in [-0.39, 0.29) is 36.4 Å². The number of ether oxygens (including phenoxy) is 1. The van der Waals surface area contributed by atoms with Crippen LogP contribution in [0.25, 0.3) is 10.8 Å². The van der Waals surface area contributed by atoms with Gasteiger partial charge in [-0.1, -0.05) is 12.1 Å². The Morgan fingerprint density at radius 2 is 1.95 bits per heavy atom. The van der Waals surface area contributed by atoms with Crippen molar-refractivity contribution in [1.82, 2.24) is 25.0 Å². The average Bonchev–Trinajstić information content (AvgIpc) is 3.51. The molecule has 1 atom stereocenters. The molecule has 216 valence electrons. The Kier molecular flexibility index (Phi) is 7.79. The minimum Gasteiger partial charge on any atom is -0.444 e.